The van der Waals surface area contributed by atoms with E-state index in [1.165, 1.54) is 6.08 Å². The Hall–Kier alpha value is -0.940. The Bertz CT molecular complexity index is 570. The Balaban J connectivity index is 3.14. The smallest absolute Gasteiger partial charge is 0.324 e. The average molecular weight is 290 g/mol. The molecule has 1 aromatic carbocycles. The highest BCUT2D eigenvalue weighted by molar-refractivity contribution is 7.97. The summed E-state index contributed by atoms with van der Waals surface area (Å²) < 4.78 is 34.6. The van der Waals surface area contributed by atoms with Gasteiger partial charge < -0.3 is 9.79 Å². The highest BCUT2D eigenvalue weighted by Gasteiger charge is 2.31. The summed E-state index contributed by atoms with van der Waals surface area (Å²) in [6.45, 7) is 5.28. The lowest BCUT2D eigenvalue weighted by atomic mass is 10.1. The number of benzene rings is 1. The molecule has 0 bridgehead atoms. The number of aryl methyl sites for hydroxylation is 1. The van der Waals surface area contributed by atoms with Gasteiger partial charge in [-0.15, -0.1) is 6.58 Å². The molecule has 18 heavy (non-hydrogen) atoms. The standard InChI is InChI=1S/C11H15O5PS/c1-3-11(10-6-4-9(2)5-7-10)18(15,16)8-17(12,13)14/h3-7,11H,1,8H2,2H3,(H2,12,13,14). The van der Waals surface area contributed by atoms with Crippen molar-refractivity contribution in [1.82, 2.24) is 0 Å². The molecule has 100 valence electrons. The zero-order valence-corrected chi connectivity index (χ0v) is 11.6. The summed E-state index contributed by atoms with van der Waals surface area (Å²) in [6, 6.07) is 6.69. The van der Waals surface area contributed by atoms with Crippen LogP contribution in [-0.2, 0) is 14.4 Å². The molecule has 5 nitrogen and oxygen atoms in total. The van der Waals surface area contributed by atoms with Gasteiger partial charge in [-0.1, -0.05) is 35.9 Å². The lowest BCUT2D eigenvalue weighted by Gasteiger charge is -2.15. The van der Waals surface area contributed by atoms with Gasteiger partial charge in [0.1, 0.15) is 5.25 Å². The third kappa shape index (κ3) is 4.07. The maximum absolute atomic E-state index is 11.9. The Labute approximate surface area is 106 Å². The molecule has 0 aliphatic rings. The molecule has 0 saturated carbocycles. The highest BCUT2D eigenvalue weighted by Crippen LogP contribution is 2.40. The third-order valence-electron chi connectivity index (χ3n) is 2.35. The summed E-state index contributed by atoms with van der Waals surface area (Å²) >= 11 is 0. The van der Waals surface area contributed by atoms with Crippen molar-refractivity contribution in [3.8, 4) is 0 Å². The maximum Gasteiger partial charge on any atom is 0.340 e. The summed E-state index contributed by atoms with van der Waals surface area (Å²) in [7, 11) is -8.60. The van der Waals surface area contributed by atoms with E-state index >= 15 is 0 Å². The largest absolute Gasteiger partial charge is 0.340 e. The number of rotatable bonds is 5. The Morgan fingerprint density at radius 2 is 1.83 bits per heavy atom. The molecule has 1 aromatic rings. The first kappa shape index (κ1) is 15.1. The zero-order chi connectivity index (χ0) is 14.0. The van der Waals surface area contributed by atoms with Crippen LogP contribution in [0.15, 0.2) is 36.9 Å². The van der Waals surface area contributed by atoms with Crippen LogP contribution in [0.3, 0.4) is 0 Å². The van der Waals surface area contributed by atoms with Gasteiger partial charge in [0.25, 0.3) is 0 Å². The van der Waals surface area contributed by atoms with Crippen LogP contribution in [0.25, 0.3) is 0 Å². The molecule has 0 heterocycles. The summed E-state index contributed by atoms with van der Waals surface area (Å²) in [4.78, 5) is 17.6. The zero-order valence-electron chi connectivity index (χ0n) is 9.85. The van der Waals surface area contributed by atoms with Crippen LogP contribution >= 0.6 is 7.60 Å². The summed E-state index contributed by atoms with van der Waals surface area (Å²) in [5.74, 6) is 0. The van der Waals surface area contributed by atoms with Gasteiger partial charge in [0.15, 0.2) is 15.3 Å². The first-order valence-electron chi connectivity index (χ1n) is 5.11. The molecule has 1 atom stereocenters. The van der Waals surface area contributed by atoms with Gasteiger partial charge in [-0.25, -0.2) is 8.42 Å². The van der Waals surface area contributed by atoms with E-state index in [4.69, 9.17) is 9.79 Å². The topological polar surface area (TPSA) is 91.7 Å². The van der Waals surface area contributed by atoms with Crippen LogP contribution in [-0.4, -0.2) is 23.7 Å². The minimum atomic E-state index is -4.62. The average Bonchev–Trinajstić information content (AvgIpc) is 2.17. The van der Waals surface area contributed by atoms with Gasteiger partial charge in [-0.3, -0.25) is 4.57 Å². The lowest BCUT2D eigenvalue weighted by molar-refractivity contribution is 0.378. The van der Waals surface area contributed by atoms with Gasteiger partial charge >= 0.3 is 7.60 Å². The maximum atomic E-state index is 11.9. The van der Waals surface area contributed by atoms with Crippen LogP contribution in [0.2, 0.25) is 0 Å². The Morgan fingerprint density at radius 3 is 2.22 bits per heavy atom. The van der Waals surface area contributed by atoms with E-state index in [1.54, 1.807) is 24.3 Å². The normalized spacial score (nSPS) is 14.2. The molecule has 0 fully saturated rings. The fraction of sp³-hybridized carbons (Fsp3) is 0.273. The number of sulfone groups is 1. The van der Waals surface area contributed by atoms with E-state index in [0.717, 1.165) is 5.56 Å². The van der Waals surface area contributed by atoms with Crippen molar-refractivity contribution in [3.63, 3.8) is 0 Å². The highest BCUT2D eigenvalue weighted by atomic mass is 32.2. The third-order valence-corrected chi connectivity index (χ3v) is 6.38. The van der Waals surface area contributed by atoms with Crippen LogP contribution in [0, 0.1) is 6.92 Å². The molecule has 1 rings (SSSR count). The minimum absolute atomic E-state index is 0.448. The number of hydrogen-bond acceptors (Lipinski definition) is 3. The first-order chi connectivity index (χ1) is 8.15. The van der Waals surface area contributed by atoms with Gasteiger partial charge in [0.2, 0.25) is 0 Å². The van der Waals surface area contributed by atoms with Crippen molar-refractivity contribution in [2.45, 2.75) is 12.2 Å². The molecule has 1 unspecified atom stereocenters. The molecule has 0 amide bonds. The van der Waals surface area contributed by atoms with Crippen LogP contribution in [0.5, 0.6) is 0 Å². The molecule has 0 aliphatic carbocycles. The summed E-state index contributed by atoms with van der Waals surface area (Å²) in [5, 5.41) is -1.11. The molecule has 0 spiro atoms. The molecular formula is C11H15O5PS. The lowest BCUT2D eigenvalue weighted by Crippen LogP contribution is -2.15. The summed E-state index contributed by atoms with van der Waals surface area (Å²) in [5.41, 5.74) is 0.239. The SMILES string of the molecule is C=CC(c1ccc(C)cc1)S(=O)(=O)CP(=O)(O)O. The van der Waals surface area contributed by atoms with Crippen molar-refractivity contribution >= 4 is 17.4 Å². The quantitative estimate of drug-likeness (QED) is 0.637. The van der Waals surface area contributed by atoms with E-state index < -0.39 is 28.2 Å². The fourth-order valence-electron chi connectivity index (χ4n) is 1.56. The minimum Gasteiger partial charge on any atom is -0.324 e. The predicted molar refractivity (Wildman–Crippen MR) is 69.9 cm³/mol. The first-order valence-corrected chi connectivity index (χ1v) is 8.62. The van der Waals surface area contributed by atoms with Crippen LogP contribution in [0.4, 0.5) is 0 Å². The fourth-order valence-corrected chi connectivity index (χ4v) is 4.94. The van der Waals surface area contributed by atoms with Gasteiger partial charge in [-0.2, -0.15) is 0 Å². The number of hydrogen-bond donors (Lipinski definition) is 2. The Kier molecular flexibility index (Phi) is 4.50. The molecule has 2 N–H and O–H groups in total. The molecule has 0 aromatic heterocycles. The van der Waals surface area contributed by atoms with E-state index in [1.807, 2.05) is 6.92 Å². The second-order valence-electron chi connectivity index (χ2n) is 4.02. The van der Waals surface area contributed by atoms with Crippen LogP contribution < -0.4 is 0 Å². The van der Waals surface area contributed by atoms with Crippen molar-refractivity contribution < 1.29 is 22.8 Å². The van der Waals surface area contributed by atoms with Crippen molar-refractivity contribution in [2.75, 3.05) is 5.49 Å². The second kappa shape index (κ2) is 5.36. The van der Waals surface area contributed by atoms with Crippen molar-refractivity contribution in [2.24, 2.45) is 0 Å². The van der Waals surface area contributed by atoms with Crippen molar-refractivity contribution in [3.05, 3.63) is 48.0 Å². The van der Waals surface area contributed by atoms with E-state index in [0.29, 0.717) is 5.56 Å². The molecule has 0 saturated heterocycles. The monoisotopic (exact) mass is 290 g/mol. The molecule has 7 heteroatoms. The molecule has 0 aliphatic heterocycles. The van der Waals surface area contributed by atoms with Gasteiger partial charge in [0, 0.05) is 0 Å². The van der Waals surface area contributed by atoms with Crippen LogP contribution in [0.1, 0.15) is 16.4 Å². The van der Waals surface area contributed by atoms with E-state index in [-0.39, 0.29) is 0 Å². The molecule has 0 radical (unpaired) electrons. The van der Waals surface area contributed by atoms with Crippen molar-refractivity contribution in [1.29, 1.82) is 0 Å². The van der Waals surface area contributed by atoms with Gasteiger partial charge in [-0.05, 0) is 12.5 Å². The van der Waals surface area contributed by atoms with Gasteiger partial charge in [0.05, 0.1) is 0 Å². The van der Waals surface area contributed by atoms with E-state index in [2.05, 4.69) is 6.58 Å². The summed E-state index contributed by atoms with van der Waals surface area (Å²) in [6.07, 6.45) is 1.18. The Morgan fingerprint density at radius 1 is 1.33 bits per heavy atom. The molecular weight excluding hydrogens is 275 g/mol. The predicted octanol–water partition coefficient (Wildman–Crippen LogP) is 1.77. The second-order valence-corrected chi connectivity index (χ2v) is 8.22. The van der Waals surface area contributed by atoms with E-state index in [9.17, 15) is 13.0 Å².